The van der Waals surface area contributed by atoms with Crippen LogP contribution in [0.25, 0.3) is 10.9 Å². The van der Waals surface area contributed by atoms with Crippen molar-refractivity contribution in [2.75, 3.05) is 18.4 Å². The van der Waals surface area contributed by atoms with Crippen LogP contribution in [0.4, 0.5) is 5.13 Å². The van der Waals surface area contributed by atoms with Gasteiger partial charge in [-0.15, -0.1) is 11.3 Å². The molecule has 1 aromatic carbocycles. The highest BCUT2D eigenvalue weighted by Crippen LogP contribution is 2.21. The van der Waals surface area contributed by atoms with E-state index in [1.165, 1.54) is 35.1 Å². The first-order valence-corrected chi connectivity index (χ1v) is 10.8. The monoisotopic (exact) mass is 411 g/mol. The molecule has 0 radical (unpaired) electrons. The van der Waals surface area contributed by atoms with Crippen molar-refractivity contribution in [3.05, 3.63) is 51.5 Å². The van der Waals surface area contributed by atoms with Gasteiger partial charge >= 0.3 is 0 Å². The number of anilines is 1. The fourth-order valence-corrected chi connectivity index (χ4v) is 4.37. The van der Waals surface area contributed by atoms with Crippen LogP contribution >= 0.6 is 11.3 Å². The first-order valence-electron chi connectivity index (χ1n) is 9.91. The molecule has 0 saturated carbocycles. The van der Waals surface area contributed by atoms with E-state index in [1.807, 2.05) is 24.4 Å². The van der Waals surface area contributed by atoms with Crippen LogP contribution in [0, 0.1) is 12.8 Å². The smallest absolute Gasteiger partial charge is 0.261 e. The molecule has 1 N–H and O–H groups in total. The lowest BCUT2D eigenvalue weighted by Crippen LogP contribution is -2.32. The number of likely N-dealkylation sites (tertiary alicyclic amines) is 1. The Morgan fingerprint density at radius 1 is 1.31 bits per heavy atom. The van der Waals surface area contributed by atoms with Gasteiger partial charge in [0, 0.05) is 11.9 Å². The van der Waals surface area contributed by atoms with Crippen LogP contribution < -0.4 is 10.9 Å². The van der Waals surface area contributed by atoms with Crippen LogP contribution in [0.3, 0.4) is 0 Å². The van der Waals surface area contributed by atoms with Crippen LogP contribution in [-0.4, -0.2) is 38.4 Å². The predicted molar refractivity (Wildman–Crippen MR) is 115 cm³/mol. The first kappa shape index (κ1) is 19.7. The molecule has 1 aliphatic heterocycles. The van der Waals surface area contributed by atoms with Crippen LogP contribution in [0.15, 0.2) is 34.7 Å². The Labute approximate surface area is 173 Å². The summed E-state index contributed by atoms with van der Waals surface area (Å²) in [6, 6.07) is 5.47. The molecule has 0 spiro atoms. The standard InChI is InChI=1S/C21H25N5O2S/c1-14-6-8-25(9-7-14)10-16-12-29-21(23-16)24-18(27)11-26-13-22-19-15(2)4-3-5-17(19)20(26)28/h3-5,12-14H,6-11H2,1-2H3,(H,23,24,27). The second-order valence-electron chi connectivity index (χ2n) is 7.80. The number of aryl methyl sites for hydroxylation is 1. The van der Waals surface area contributed by atoms with E-state index < -0.39 is 0 Å². The molecule has 0 atom stereocenters. The molecule has 152 valence electrons. The number of piperidine rings is 1. The number of amides is 1. The minimum absolute atomic E-state index is 0.0886. The lowest BCUT2D eigenvalue weighted by Gasteiger charge is -2.29. The minimum Gasteiger partial charge on any atom is -0.300 e. The van der Waals surface area contributed by atoms with E-state index in [2.05, 4.69) is 27.1 Å². The number of hydrogen-bond acceptors (Lipinski definition) is 6. The summed E-state index contributed by atoms with van der Waals surface area (Å²) >= 11 is 1.41. The fourth-order valence-electron chi connectivity index (χ4n) is 3.65. The zero-order valence-corrected chi connectivity index (χ0v) is 17.5. The third-order valence-corrected chi connectivity index (χ3v) is 6.24. The molecule has 1 saturated heterocycles. The highest BCUT2D eigenvalue weighted by Gasteiger charge is 2.17. The molecule has 1 fully saturated rings. The van der Waals surface area contributed by atoms with Crippen molar-refractivity contribution in [3.63, 3.8) is 0 Å². The third kappa shape index (κ3) is 4.54. The topological polar surface area (TPSA) is 80.1 Å². The molecular weight excluding hydrogens is 386 g/mol. The normalized spacial score (nSPS) is 15.7. The number of carbonyl (C=O) groups excluding carboxylic acids is 1. The van der Waals surface area contributed by atoms with Gasteiger partial charge in [0.05, 0.1) is 22.9 Å². The Bertz CT molecular complexity index is 1080. The first-order chi connectivity index (χ1) is 14.0. The molecule has 4 rings (SSSR count). The largest absolute Gasteiger partial charge is 0.300 e. The van der Waals surface area contributed by atoms with Crippen LogP contribution in [0.2, 0.25) is 0 Å². The third-order valence-electron chi connectivity index (χ3n) is 5.43. The van der Waals surface area contributed by atoms with Gasteiger partial charge in [-0.05, 0) is 50.4 Å². The Kier molecular flexibility index (Phi) is 5.73. The summed E-state index contributed by atoms with van der Waals surface area (Å²) in [5.74, 6) is 0.516. The number of carbonyl (C=O) groups is 1. The van der Waals surface area contributed by atoms with E-state index in [-0.39, 0.29) is 18.0 Å². The van der Waals surface area contributed by atoms with Crippen LogP contribution in [0.1, 0.15) is 31.0 Å². The molecule has 7 nitrogen and oxygen atoms in total. The van der Waals surface area contributed by atoms with Crippen LogP contribution in [0.5, 0.6) is 0 Å². The number of fused-ring (bicyclic) bond motifs is 1. The van der Waals surface area contributed by atoms with Gasteiger partial charge in [-0.2, -0.15) is 0 Å². The van der Waals surface area contributed by atoms with Crippen molar-refractivity contribution >= 4 is 33.3 Å². The molecular formula is C21H25N5O2S. The molecule has 0 aliphatic carbocycles. The van der Waals surface area contributed by atoms with E-state index in [9.17, 15) is 9.59 Å². The number of nitrogens with one attached hydrogen (secondary N) is 1. The van der Waals surface area contributed by atoms with Crippen molar-refractivity contribution in [2.45, 2.75) is 39.8 Å². The molecule has 3 aromatic rings. The number of para-hydroxylation sites is 1. The van der Waals surface area contributed by atoms with E-state index in [0.29, 0.717) is 16.0 Å². The number of rotatable bonds is 5. The maximum absolute atomic E-state index is 12.6. The molecule has 0 bridgehead atoms. The summed E-state index contributed by atoms with van der Waals surface area (Å²) in [7, 11) is 0. The van der Waals surface area contributed by atoms with Gasteiger partial charge in [0.2, 0.25) is 5.91 Å². The highest BCUT2D eigenvalue weighted by atomic mass is 32.1. The van der Waals surface area contributed by atoms with Gasteiger partial charge in [-0.3, -0.25) is 19.1 Å². The van der Waals surface area contributed by atoms with E-state index in [4.69, 9.17) is 0 Å². The van der Waals surface area contributed by atoms with Crippen molar-refractivity contribution < 1.29 is 4.79 Å². The van der Waals surface area contributed by atoms with Gasteiger partial charge in [0.1, 0.15) is 6.54 Å². The average Bonchev–Trinajstić information content (AvgIpc) is 3.13. The Morgan fingerprint density at radius 2 is 2.10 bits per heavy atom. The molecule has 1 aliphatic rings. The number of benzene rings is 1. The second kappa shape index (κ2) is 8.42. The zero-order valence-electron chi connectivity index (χ0n) is 16.7. The Hall–Kier alpha value is -2.58. The molecule has 8 heteroatoms. The number of nitrogens with zero attached hydrogens (tertiary/aromatic N) is 4. The van der Waals surface area contributed by atoms with E-state index in [0.717, 1.165) is 36.8 Å². The number of thiazole rings is 1. The van der Waals surface area contributed by atoms with Crippen molar-refractivity contribution in [1.29, 1.82) is 0 Å². The van der Waals surface area contributed by atoms with Crippen LogP contribution in [-0.2, 0) is 17.9 Å². The zero-order chi connectivity index (χ0) is 20.4. The summed E-state index contributed by atoms with van der Waals surface area (Å²) in [6.45, 7) is 7.12. The molecule has 1 amide bonds. The minimum atomic E-state index is -0.284. The van der Waals surface area contributed by atoms with Crippen molar-refractivity contribution in [2.24, 2.45) is 5.92 Å². The maximum atomic E-state index is 12.6. The van der Waals surface area contributed by atoms with Gasteiger partial charge in [0.25, 0.3) is 5.56 Å². The lowest BCUT2D eigenvalue weighted by atomic mass is 9.99. The van der Waals surface area contributed by atoms with Gasteiger partial charge in [-0.1, -0.05) is 19.1 Å². The van der Waals surface area contributed by atoms with Crippen molar-refractivity contribution in [3.8, 4) is 0 Å². The summed E-state index contributed by atoms with van der Waals surface area (Å²) in [4.78, 5) is 36.3. The molecule has 3 heterocycles. The molecule has 2 aromatic heterocycles. The van der Waals surface area contributed by atoms with Gasteiger partial charge in [0.15, 0.2) is 5.13 Å². The predicted octanol–water partition coefficient (Wildman–Crippen LogP) is 3.03. The second-order valence-corrected chi connectivity index (χ2v) is 8.66. The number of aromatic nitrogens is 3. The SMILES string of the molecule is Cc1cccc2c(=O)n(CC(=O)Nc3nc(CN4CCC(C)CC4)cs3)cnc12. The van der Waals surface area contributed by atoms with Gasteiger partial charge in [-0.25, -0.2) is 9.97 Å². The highest BCUT2D eigenvalue weighted by molar-refractivity contribution is 7.13. The summed E-state index contributed by atoms with van der Waals surface area (Å²) in [6.07, 6.45) is 3.88. The fraction of sp³-hybridized carbons (Fsp3) is 0.429. The number of hydrogen-bond donors (Lipinski definition) is 1. The summed E-state index contributed by atoms with van der Waals surface area (Å²) in [5.41, 5.74) is 2.37. The van der Waals surface area contributed by atoms with E-state index in [1.54, 1.807) is 6.07 Å². The maximum Gasteiger partial charge on any atom is 0.261 e. The average molecular weight is 412 g/mol. The molecule has 29 heavy (non-hydrogen) atoms. The Balaban J connectivity index is 1.39. The molecule has 0 unspecified atom stereocenters. The summed E-state index contributed by atoms with van der Waals surface area (Å²) in [5, 5.41) is 5.87. The summed E-state index contributed by atoms with van der Waals surface area (Å²) < 4.78 is 1.33. The lowest BCUT2D eigenvalue weighted by molar-refractivity contribution is -0.116. The quantitative estimate of drug-likeness (QED) is 0.698. The Morgan fingerprint density at radius 3 is 2.90 bits per heavy atom. The van der Waals surface area contributed by atoms with Gasteiger partial charge < -0.3 is 5.32 Å². The van der Waals surface area contributed by atoms with Crippen molar-refractivity contribution in [1.82, 2.24) is 19.4 Å². The van der Waals surface area contributed by atoms with E-state index >= 15 is 0 Å².